The second kappa shape index (κ2) is 5.58. The Morgan fingerprint density at radius 2 is 1.71 bits per heavy atom. The summed E-state index contributed by atoms with van der Waals surface area (Å²) >= 11 is 0. The quantitative estimate of drug-likeness (QED) is 0.844. The molecule has 1 unspecified atom stereocenters. The van der Waals surface area contributed by atoms with Crippen LogP contribution in [0.1, 0.15) is 50.2 Å². The lowest BCUT2D eigenvalue weighted by Gasteiger charge is -2.14. The van der Waals surface area contributed by atoms with Gasteiger partial charge in [-0.3, -0.25) is 0 Å². The summed E-state index contributed by atoms with van der Waals surface area (Å²) < 4.78 is 26.0. The third-order valence-corrected chi connectivity index (χ3v) is 3.59. The summed E-state index contributed by atoms with van der Waals surface area (Å²) in [7, 11) is 0. The van der Waals surface area contributed by atoms with E-state index in [0.29, 0.717) is 17.9 Å². The van der Waals surface area contributed by atoms with Crippen LogP contribution in [0.4, 0.5) is 8.78 Å². The first-order valence-corrected chi connectivity index (χ1v) is 6.29. The smallest absolute Gasteiger partial charge is 0.126 e. The number of rotatable bonds is 4. The number of halogens is 2. The molecule has 1 N–H and O–H groups in total. The molecule has 0 bridgehead atoms. The minimum absolute atomic E-state index is 0.348. The fourth-order valence-electron chi connectivity index (χ4n) is 2.63. The van der Waals surface area contributed by atoms with Crippen molar-refractivity contribution in [1.82, 2.24) is 0 Å². The number of hydrogen-bond donors (Lipinski definition) is 1. The van der Waals surface area contributed by atoms with Gasteiger partial charge in [0.15, 0.2) is 0 Å². The summed E-state index contributed by atoms with van der Waals surface area (Å²) in [4.78, 5) is 0. The third kappa shape index (κ3) is 3.50. The summed E-state index contributed by atoms with van der Waals surface area (Å²) in [5.74, 6) is -0.567. The minimum atomic E-state index is -0.749. The first kappa shape index (κ1) is 12.5. The first-order valence-electron chi connectivity index (χ1n) is 6.29. The maximum Gasteiger partial charge on any atom is 0.126 e. The molecule has 0 aliphatic heterocycles. The van der Waals surface area contributed by atoms with Crippen LogP contribution >= 0.6 is 0 Å². The fraction of sp³-hybridized carbons (Fsp3) is 0.571. The zero-order valence-corrected chi connectivity index (χ0v) is 9.83. The lowest BCUT2D eigenvalue weighted by molar-refractivity contribution is 0.156. The van der Waals surface area contributed by atoms with Gasteiger partial charge in [0.1, 0.15) is 11.6 Å². The van der Waals surface area contributed by atoms with Gasteiger partial charge in [-0.1, -0.05) is 25.7 Å². The summed E-state index contributed by atoms with van der Waals surface area (Å²) in [6, 6.07) is 3.25. The van der Waals surface area contributed by atoms with Gasteiger partial charge in [0.25, 0.3) is 0 Å². The van der Waals surface area contributed by atoms with Crippen LogP contribution in [0, 0.1) is 17.6 Å². The second-order valence-electron chi connectivity index (χ2n) is 4.95. The number of benzene rings is 1. The van der Waals surface area contributed by atoms with Gasteiger partial charge in [-0.25, -0.2) is 8.78 Å². The minimum Gasteiger partial charge on any atom is -0.388 e. The van der Waals surface area contributed by atoms with Crippen molar-refractivity contribution in [3.8, 4) is 0 Å². The molecule has 1 aromatic rings. The van der Waals surface area contributed by atoms with Crippen molar-refractivity contribution in [3.05, 3.63) is 35.4 Å². The molecule has 0 radical (unpaired) electrons. The van der Waals surface area contributed by atoms with Crippen LogP contribution < -0.4 is 0 Å². The van der Waals surface area contributed by atoms with Crippen LogP contribution in [0.5, 0.6) is 0 Å². The molecule has 1 aliphatic carbocycles. The van der Waals surface area contributed by atoms with Gasteiger partial charge < -0.3 is 5.11 Å². The van der Waals surface area contributed by atoms with Gasteiger partial charge in [-0.05, 0) is 36.5 Å². The molecule has 94 valence electrons. The van der Waals surface area contributed by atoms with Crippen LogP contribution in [-0.2, 0) is 0 Å². The van der Waals surface area contributed by atoms with Gasteiger partial charge in [0, 0.05) is 6.07 Å². The van der Waals surface area contributed by atoms with Gasteiger partial charge in [0.05, 0.1) is 6.10 Å². The van der Waals surface area contributed by atoms with Crippen LogP contribution in [-0.4, -0.2) is 5.11 Å². The molecule has 17 heavy (non-hydrogen) atoms. The molecule has 0 spiro atoms. The van der Waals surface area contributed by atoms with Gasteiger partial charge in [-0.2, -0.15) is 0 Å². The highest BCUT2D eigenvalue weighted by molar-refractivity contribution is 5.20. The molecule has 1 atom stereocenters. The Hall–Kier alpha value is -0.960. The average Bonchev–Trinajstić information content (AvgIpc) is 2.77. The molecular weight excluding hydrogens is 222 g/mol. The largest absolute Gasteiger partial charge is 0.388 e. The monoisotopic (exact) mass is 240 g/mol. The average molecular weight is 240 g/mol. The van der Waals surface area contributed by atoms with Gasteiger partial charge in [0.2, 0.25) is 0 Å². The summed E-state index contributed by atoms with van der Waals surface area (Å²) in [6.07, 6.45) is 5.78. The van der Waals surface area contributed by atoms with Crippen LogP contribution in [0.2, 0.25) is 0 Å². The van der Waals surface area contributed by atoms with E-state index in [0.717, 1.165) is 12.5 Å². The molecule has 0 saturated heterocycles. The van der Waals surface area contributed by atoms with Crippen LogP contribution in [0.15, 0.2) is 18.2 Å². The lowest BCUT2D eigenvalue weighted by Crippen LogP contribution is -2.02. The third-order valence-electron chi connectivity index (χ3n) is 3.59. The van der Waals surface area contributed by atoms with Crippen molar-refractivity contribution in [3.63, 3.8) is 0 Å². The van der Waals surface area contributed by atoms with Crippen molar-refractivity contribution < 1.29 is 13.9 Å². The normalized spacial score (nSPS) is 18.5. The molecule has 0 aromatic heterocycles. The van der Waals surface area contributed by atoms with Crippen molar-refractivity contribution in [2.45, 2.75) is 44.6 Å². The van der Waals surface area contributed by atoms with E-state index in [-0.39, 0.29) is 0 Å². The van der Waals surface area contributed by atoms with E-state index in [9.17, 15) is 13.9 Å². The summed E-state index contributed by atoms with van der Waals surface area (Å²) in [5, 5.41) is 9.90. The maximum absolute atomic E-state index is 13.0. The lowest BCUT2D eigenvalue weighted by atomic mass is 9.96. The predicted octanol–water partition coefficient (Wildman–Crippen LogP) is 3.97. The zero-order chi connectivity index (χ0) is 12.3. The molecule has 1 saturated carbocycles. The molecule has 0 amide bonds. The number of hydrogen-bond acceptors (Lipinski definition) is 1. The Balaban J connectivity index is 1.91. The Morgan fingerprint density at radius 1 is 1.12 bits per heavy atom. The van der Waals surface area contributed by atoms with Crippen LogP contribution in [0.25, 0.3) is 0 Å². The van der Waals surface area contributed by atoms with E-state index in [2.05, 4.69) is 0 Å². The standard InChI is InChI=1S/C14H18F2O/c15-12-7-11(8-13(16)9-12)14(17)6-5-10-3-1-2-4-10/h7-10,14,17H,1-6H2. The summed E-state index contributed by atoms with van der Waals surface area (Å²) in [6.45, 7) is 0. The number of aliphatic hydroxyl groups is 1. The Kier molecular flexibility index (Phi) is 4.11. The van der Waals surface area contributed by atoms with Crippen LogP contribution in [0.3, 0.4) is 0 Å². The SMILES string of the molecule is OC(CCC1CCCC1)c1cc(F)cc(F)c1. The van der Waals surface area contributed by atoms with Gasteiger partial charge >= 0.3 is 0 Å². The highest BCUT2D eigenvalue weighted by Gasteiger charge is 2.17. The maximum atomic E-state index is 13.0. The fourth-order valence-corrected chi connectivity index (χ4v) is 2.63. The molecule has 0 heterocycles. The van der Waals surface area contributed by atoms with Crippen molar-refractivity contribution in [1.29, 1.82) is 0 Å². The molecule has 3 heteroatoms. The first-order chi connectivity index (χ1) is 8.15. The second-order valence-corrected chi connectivity index (χ2v) is 4.95. The predicted molar refractivity (Wildman–Crippen MR) is 62.5 cm³/mol. The molecular formula is C14H18F2O. The van der Waals surface area contributed by atoms with E-state index < -0.39 is 17.7 Å². The van der Waals surface area contributed by atoms with E-state index in [1.807, 2.05) is 0 Å². The molecule has 2 rings (SSSR count). The molecule has 1 aliphatic rings. The zero-order valence-electron chi connectivity index (χ0n) is 9.83. The Labute approximate surface area is 100 Å². The Morgan fingerprint density at radius 3 is 2.29 bits per heavy atom. The van der Waals surface area contributed by atoms with Gasteiger partial charge in [-0.15, -0.1) is 0 Å². The topological polar surface area (TPSA) is 20.2 Å². The van der Waals surface area contributed by atoms with Crippen molar-refractivity contribution >= 4 is 0 Å². The molecule has 1 aromatic carbocycles. The van der Waals surface area contributed by atoms with Crippen molar-refractivity contribution in [2.24, 2.45) is 5.92 Å². The molecule has 1 fully saturated rings. The van der Waals surface area contributed by atoms with E-state index in [1.165, 1.54) is 37.8 Å². The summed E-state index contributed by atoms with van der Waals surface area (Å²) in [5.41, 5.74) is 0.348. The highest BCUT2D eigenvalue weighted by atomic mass is 19.1. The molecule has 1 nitrogen and oxygen atoms in total. The Bertz CT molecular complexity index is 352. The number of aliphatic hydroxyl groups excluding tert-OH is 1. The van der Waals surface area contributed by atoms with Crippen molar-refractivity contribution in [2.75, 3.05) is 0 Å². The highest BCUT2D eigenvalue weighted by Crippen LogP contribution is 2.31. The van der Waals surface area contributed by atoms with E-state index in [4.69, 9.17) is 0 Å². The van der Waals surface area contributed by atoms with E-state index >= 15 is 0 Å². The van der Waals surface area contributed by atoms with E-state index in [1.54, 1.807) is 0 Å².